The fourth-order valence-corrected chi connectivity index (χ4v) is 0.932. The van der Waals surface area contributed by atoms with Crippen LogP contribution in [0.5, 0.6) is 0 Å². The average molecular weight is 195 g/mol. The lowest BCUT2D eigenvalue weighted by Gasteiger charge is -2.03. The molecular formula is C12H21NO. The molecule has 0 saturated heterocycles. The van der Waals surface area contributed by atoms with Crippen LogP contribution in [0.1, 0.15) is 47.0 Å². The monoisotopic (exact) mass is 195 g/mol. The largest absolute Gasteiger partial charge is 0.395 e. The Morgan fingerprint density at radius 2 is 2.07 bits per heavy atom. The van der Waals surface area contributed by atoms with Crippen molar-refractivity contribution in [2.45, 2.75) is 47.0 Å². The Kier molecular flexibility index (Phi) is 8.02. The highest BCUT2D eigenvalue weighted by Crippen LogP contribution is 1.99. The number of hydrogen-bond acceptors (Lipinski definition) is 2. The SMILES string of the molecule is CC#C/C(=N\OCCCCC)C(C)C. The Balaban J connectivity index is 3.84. The van der Waals surface area contributed by atoms with E-state index >= 15 is 0 Å². The van der Waals surface area contributed by atoms with Crippen molar-refractivity contribution in [1.29, 1.82) is 0 Å². The normalized spacial score (nSPS) is 11.1. The van der Waals surface area contributed by atoms with E-state index in [-0.39, 0.29) is 0 Å². The van der Waals surface area contributed by atoms with Crippen molar-refractivity contribution < 1.29 is 4.84 Å². The zero-order valence-corrected chi connectivity index (χ0v) is 9.76. The van der Waals surface area contributed by atoms with Crippen LogP contribution in [0, 0.1) is 17.8 Å². The third-order valence-electron chi connectivity index (χ3n) is 1.80. The Morgan fingerprint density at radius 3 is 2.57 bits per heavy atom. The summed E-state index contributed by atoms with van der Waals surface area (Å²) < 4.78 is 0. The Hall–Kier alpha value is -0.970. The summed E-state index contributed by atoms with van der Waals surface area (Å²) >= 11 is 0. The molecule has 0 unspecified atom stereocenters. The third-order valence-corrected chi connectivity index (χ3v) is 1.80. The minimum atomic E-state index is 0.341. The van der Waals surface area contributed by atoms with Crippen molar-refractivity contribution >= 4 is 5.71 Å². The first-order chi connectivity index (χ1) is 6.72. The Labute approximate surface area is 87.7 Å². The molecule has 14 heavy (non-hydrogen) atoms. The molecule has 0 aliphatic heterocycles. The van der Waals surface area contributed by atoms with Gasteiger partial charge >= 0.3 is 0 Å². The fraction of sp³-hybridized carbons (Fsp3) is 0.750. The fourth-order valence-electron chi connectivity index (χ4n) is 0.932. The molecule has 0 atom stereocenters. The van der Waals surface area contributed by atoms with Crippen LogP contribution in [0.3, 0.4) is 0 Å². The summed E-state index contributed by atoms with van der Waals surface area (Å²) in [7, 11) is 0. The second-order valence-corrected chi connectivity index (χ2v) is 3.55. The highest BCUT2D eigenvalue weighted by atomic mass is 16.6. The molecular weight excluding hydrogens is 174 g/mol. The van der Waals surface area contributed by atoms with Gasteiger partial charge in [-0.2, -0.15) is 0 Å². The molecule has 0 aromatic rings. The summed E-state index contributed by atoms with van der Waals surface area (Å²) in [6.45, 7) is 8.83. The first-order valence-corrected chi connectivity index (χ1v) is 5.35. The molecule has 0 heterocycles. The van der Waals surface area contributed by atoms with E-state index in [0.29, 0.717) is 12.5 Å². The van der Waals surface area contributed by atoms with Gasteiger partial charge in [0, 0.05) is 5.92 Å². The van der Waals surface area contributed by atoms with Gasteiger partial charge in [-0.15, -0.1) is 0 Å². The summed E-state index contributed by atoms with van der Waals surface area (Å²) in [6.07, 6.45) is 3.48. The molecule has 0 aliphatic rings. The maximum Gasteiger partial charge on any atom is 0.132 e. The molecule has 0 radical (unpaired) electrons. The molecule has 2 heteroatoms. The van der Waals surface area contributed by atoms with Crippen molar-refractivity contribution in [3.63, 3.8) is 0 Å². The molecule has 0 aliphatic carbocycles. The molecule has 0 bridgehead atoms. The molecule has 0 amide bonds. The van der Waals surface area contributed by atoms with Gasteiger partial charge in [0.2, 0.25) is 0 Å². The molecule has 80 valence electrons. The Bertz CT molecular complexity index is 220. The predicted molar refractivity (Wildman–Crippen MR) is 61.2 cm³/mol. The van der Waals surface area contributed by atoms with Crippen LogP contribution in [0.2, 0.25) is 0 Å². The molecule has 0 fully saturated rings. The van der Waals surface area contributed by atoms with Gasteiger partial charge < -0.3 is 4.84 Å². The van der Waals surface area contributed by atoms with Crippen LogP contribution in [-0.2, 0) is 4.84 Å². The van der Waals surface area contributed by atoms with E-state index in [0.717, 1.165) is 12.1 Å². The lowest BCUT2D eigenvalue weighted by Crippen LogP contribution is -2.05. The zero-order chi connectivity index (χ0) is 10.8. The van der Waals surface area contributed by atoms with E-state index in [2.05, 4.69) is 37.8 Å². The molecule has 0 spiro atoms. The molecule has 2 nitrogen and oxygen atoms in total. The average Bonchev–Trinajstić information content (AvgIpc) is 2.15. The maximum atomic E-state index is 5.20. The summed E-state index contributed by atoms with van der Waals surface area (Å²) in [6, 6.07) is 0. The summed E-state index contributed by atoms with van der Waals surface area (Å²) in [5.74, 6) is 6.13. The van der Waals surface area contributed by atoms with Gasteiger partial charge in [-0.3, -0.25) is 0 Å². The van der Waals surface area contributed by atoms with Crippen molar-refractivity contribution in [3.8, 4) is 11.8 Å². The van der Waals surface area contributed by atoms with E-state index in [4.69, 9.17) is 4.84 Å². The van der Waals surface area contributed by atoms with Gasteiger partial charge in [-0.25, -0.2) is 0 Å². The van der Waals surface area contributed by atoms with Gasteiger partial charge in [-0.05, 0) is 19.3 Å². The van der Waals surface area contributed by atoms with E-state index < -0.39 is 0 Å². The van der Waals surface area contributed by atoms with Crippen LogP contribution in [0.25, 0.3) is 0 Å². The highest BCUT2D eigenvalue weighted by molar-refractivity contribution is 6.01. The molecule has 0 aromatic carbocycles. The van der Waals surface area contributed by atoms with E-state index in [1.165, 1.54) is 12.8 Å². The smallest absolute Gasteiger partial charge is 0.132 e. The van der Waals surface area contributed by atoms with Crippen molar-refractivity contribution in [1.82, 2.24) is 0 Å². The van der Waals surface area contributed by atoms with Gasteiger partial charge in [0.1, 0.15) is 12.3 Å². The number of rotatable bonds is 6. The Morgan fingerprint density at radius 1 is 1.36 bits per heavy atom. The number of unbranched alkanes of at least 4 members (excludes halogenated alkanes) is 2. The van der Waals surface area contributed by atoms with Gasteiger partial charge in [0.05, 0.1) is 0 Å². The summed E-state index contributed by atoms with van der Waals surface area (Å²) in [5.41, 5.74) is 0.837. The standard InChI is InChI=1S/C12H21NO/c1-5-7-8-10-14-13-12(9-6-2)11(3)4/h11H,5,7-8,10H2,1-4H3/b13-12+. The van der Waals surface area contributed by atoms with E-state index in [1.54, 1.807) is 0 Å². The third kappa shape index (κ3) is 6.54. The molecule has 0 aromatic heterocycles. The minimum Gasteiger partial charge on any atom is -0.395 e. The van der Waals surface area contributed by atoms with E-state index in [1.807, 2.05) is 6.92 Å². The van der Waals surface area contributed by atoms with Crippen molar-refractivity contribution in [2.75, 3.05) is 6.61 Å². The molecule has 0 N–H and O–H groups in total. The summed E-state index contributed by atoms with van der Waals surface area (Å²) in [4.78, 5) is 5.20. The zero-order valence-electron chi connectivity index (χ0n) is 9.76. The second-order valence-electron chi connectivity index (χ2n) is 3.55. The molecule has 0 rings (SSSR count). The van der Waals surface area contributed by atoms with Gasteiger partial charge in [0.15, 0.2) is 0 Å². The lowest BCUT2D eigenvalue weighted by atomic mass is 10.1. The van der Waals surface area contributed by atoms with Crippen LogP contribution < -0.4 is 0 Å². The second kappa shape index (κ2) is 8.62. The maximum absolute atomic E-state index is 5.20. The van der Waals surface area contributed by atoms with Crippen LogP contribution >= 0.6 is 0 Å². The number of hydrogen-bond donors (Lipinski definition) is 0. The number of nitrogens with zero attached hydrogens (tertiary/aromatic N) is 1. The van der Waals surface area contributed by atoms with Gasteiger partial charge in [-0.1, -0.05) is 44.7 Å². The lowest BCUT2D eigenvalue weighted by molar-refractivity contribution is 0.139. The predicted octanol–water partition coefficient (Wildman–Crippen LogP) is 3.23. The minimum absolute atomic E-state index is 0.341. The molecule has 0 saturated carbocycles. The summed E-state index contributed by atoms with van der Waals surface area (Å²) in [5, 5.41) is 4.03. The van der Waals surface area contributed by atoms with E-state index in [9.17, 15) is 0 Å². The first kappa shape index (κ1) is 13.0. The van der Waals surface area contributed by atoms with Crippen LogP contribution in [-0.4, -0.2) is 12.3 Å². The van der Waals surface area contributed by atoms with Gasteiger partial charge in [0.25, 0.3) is 0 Å². The topological polar surface area (TPSA) is 21.6 Å². The van der Waals surface area contributed by atoms with Crippen LogP contribution in [0.4, 0.5) is 0 Å². The van der Waals surface area contributed by atoms with Crippen LogP contribution in [0.15, 0.2) is 5.16 Å². The highest BCUT2D eigenvalue weighted by Gasteiger charge is 2.01. The van der Waals surface area contributed by atoms with Crippen molar-refractivity contribution in [2.24, 2.45) is 11.1 Å². The van der Waals surface area contributed by atoms with Crippen molar-refractivity contribution in [3.05, 3.63) is 0 Å². The first-order valence-electron chi connectivity index (χ1n) is 5.35. The number of oxime groups is 1. The quantitative estimate of drug-likeness (QED) is 0.276.